The molecule has 1 N–H and O–H groups in total. The average molecular weight is 284 g/mol. The molecule has 1 amide bonds. The number of pyridine rings is 1. The molecule has 0 bridgehead atoms. The summed E-state index contributed by atoms with van der Waals surface area (Å²) < 4.78 is 1.75. The van der Waals surface area contributed by atoms with Crippen LogP contribution in [-0.4, -0.2) is 20.7 Å². The predicted octanol–water partition coefficient (Wildman–Crippen LogP) is 2.49. The van der Waals surface area contributed by atoms with Gasteiger partial charge in [0.25, 0.3) is 5.91 Å². The molecular formula is C16H20N4O. The van der Waals surface area contributed by atoms with Crippen LogP contribution in [0.4, 0.5) is 0 Å². The molecule has 110 valence electrons. The molecule has 5 heteroatoms. The van der Waals surface area contributed by atoms with Gasteiger partial charge in [-0.1, -0.05) is 0 Å². The van der Waals surface area contributed by atoms with Crippen molar-refractivity contribution in [3.8, 4) is 0 Å². The molecule has 2 aromatic heterocycles. The van der Waals surface area contributed by atoms with Crippen molar-refractivity contribution in [2.24, 2.45) is 5.92 Å². The van der Waals surface area contributed by atoms with E-state index in [0.717, 1.165) is 11.3 Å². The monoisotopic (exact) mass is 284 g/mol. The van der Waals surface area contributed by atoms with Gasteiger partial charge in [0.05, 0.1) is 11.7 Å². The van der Waals surface area contributed by atoms with Crippen molar-refractivity contribution in [1.82, 2.24) is 20.1 Å². The third-order valence-corrected chi connectivity index (χ3v) is 3.88. The lowest BCUT2D eigenvalue weighted by molar-refractivity contribution is 0.0921. The Kier molecular flexibility index (Phi) is 3.73. The molecule has 1 aliphatic rings. The van der Waals surface area contributed by atoms with Crippen LogP contribution < -0.4 is 5.32 Å². The van der Waals surface area contributed by atoms with Gasteiger partial charge in [0, 0.05) is 18.9 Å². The molecule has 1 fully saturated rings. The van der Waals surface area contributed by atoms with Crippen LogP contribution in [0.1, 0.15) is 47.6 Å². The lowest BCUT2D eigenvalue weighted by atomic mass is 10.0. The van der Waals surface area contributed by atoms with Gasteiger partial charge in [-0.15, -0.1) is 0 Å². The number of amides is 1. The highest BCUT2D eigenvalue weighted by atomic mass is 16.2. The van der Waals surface area contributed by atoms with E-state index >= 15 is 0 Å². The number of rotatable bonds is 5. The summed E-state index contributed by atoms with van der Waals surface area (Å²) in [5, 5.41) is 7.51. The van der Waals surface area contributed by atoms with Crippen molar-refractivity contribution in [1.29, 1.82) is 0 Å². The van der Waals surface area contributed by atoms with Crippen LogP contribution >= 0.6 is 0 Å². The van der Waals surface area contributed by atoms with E-state index in [4.69, 9.17) is 0 Å². The molecule has 0 spiro atoms. The van der Waals surface area contributed by atoms with Crippen LogP contribution in [0.2, 0.25) is 0 Å². The summed E-state index contributed by atoms with van der Waals surface area (Å²) >= 11 is 0. The van der Waals surface area contributed by atoms with Crippen LogP contribution in [0.25, 0.3) is 0 Å². The third kappa shape index (κ3) is 2.96. The quantitative estimate of drug-likeness (QED) is 0.917. The molecule has 0 radical (unpaired) electrons. The Balaban J connectivity index is 1.81. The Morgan fingerprint density at radius 3 is 2.76 bits per heavy atom. The molecule has 3 rings (SSSR count). The fourth-order valence-corrected chi connectivity index (χ4v) is 2.66. The van der Waals surface area contributed by atoms with E-state index in [1.54, 1.807) is 17.1 Å². The minimum absolute atomic E-state index is 0.0498. The van der Waals surface area contributed by atoms with E-state index in [0.29, 0.717) is 18.2 Å². The topological polar surface area (TPSA) is 59.8 Å². The van der Waals surface area contributed by atoms with Gasteiger partial charge in [-0.05, 0) is 56.4 Å². The Morgan fingerprint density at radius 2 is 2.14 bits per heavy atom. The highest BCUT2D eigenvalue weighted by Crippen LogP contribution is 2.40. The molecule has 1 aliphatic carbocycles. The number of nitrogens with zero attached hydrogens (tertiary/aromatic N) is 3. The highest BCUT2D eigenvalue weighted by molar-refractivity contribution is 5.93. The molecule has 2 aromatic rings. The van der Waals surface area contributed by atoms with Crippen LogP contribution in [-0.2, 0) is 6.54 Å². The molecule has 2 heterocycles. The minimum atomic E-state index is -0.0498. The summed E-state index contributed by atoms with van der Waals surface area (Å²) in [4.78, 5) is 16.6. The number of hydrogen-bond acceptors (Lipinski definition) is 3. The number of carbonyl (C=O) groups excluding carboxylic acids is 1. The lowest BCUT2D eigenvalue weighted by Crippen LogP contribution is -2.31. The molecule has 1 saturated carbocycles. The summed E-state index contributed by atoms with van der Waals surface area (Å²) in [5.74, 6) is 0.488. The third-order valence-electron chi connectivity index (χ3n) is 3.88. The molecule has 5 nitrogen and oxygen atoms in total. The molecule has 0 aromatic carbocycles. The van der Waals surface area contributed by atoms with Gasteiger partial charge in [-0.25, -0.2) is 0 Å². The number of aromatic nitrogens is 3. The molecule has 1 unspecified atom stereocenters. The largest absolute Gasteiger partial charge is 0.344 e. The standard InChI is InChI=1S/C16H20N4O/c1-3-20-14(10-11(2)19-20)16(21)18-15(12-4-5-12)13-6-8-17-9-7-13/h6-10,12,15H,3-5H2,1-2H3,(H,18,21). The van der Waals surface area contributed by atoms with Crippen LogP contribution in [0.3, 0.4) is 0 Å². The van der Waals surface area contributed by atoms with Crippen molar-refractivity contribution in [3.63, 3.8) is 0 Å². The molecule has 21 heavy (non-hydrogen) atoms. The second kappa shape index (κ2) is 5.68. The van der Waals surface area contributed by atoms with E-state index in [2.05, 4.69) is 15.4 Å². The Bertz CT molecular complexity index is 631. The van der Waals surface area contributed by atoms with Gasteiger partial charge in [0.15, 0.2) is 0 Å². The van der Waals surface area contributed by atoms with Crippen LogP contribution in [0.5, 0.6) is 0 Å². The zero-order valence-corrected chi connectivity index (χ0v) is 12.4. The number of carbonyl (C=O) groups is 1. The van der Waals surface area contributed by atoms with Gasteiger partial charge in [-0.3, -0.25) is 14.5 Å². The minimum Gasteiger partial charge on any atom is -0.344 e. The normalized spacial score (nSPS) is 15.7. The average Bonchev–Trinajstić information content (AvgIpc) is 3.27. The van der Waals surface area contributed by atoms with Gasteiger partial charge < -0.3 is 5.32 Å². The fraction of sp³-hybridized carbons (Fsp3) is 0.438. The van der Waals surface area contributed by atoms with Crippen molar-refractivity contribution >= 4 is 5.91 Å². The predicted molar refractivity (Wildman–Crippen MR) is 79.8 cm³/mol. The first kappa shape index (κ1) is 13.8. The van der Waals surface area contributed by atoms with Crippen molar-refractivity contribution in [2.45, 2.75) is 39.3 Å². The Hall–Kier alpha value is -2.17. The maximum absolute atomic E-state index is 12.6. The van der Waals surface area contributed by atoms with Gasteiger partial charge in [0.1, 0.15) is 5.69 Å². The smallest absolute Gasteiger partial charge is 0.270 e. The number of aryl methyl sites for hydroxylation is 2. The second-order valence-electron chi connectivity index (χ2n) is 5.56. The van der Waals surface area contributed by atoms with E-state index in [1.165, 1.54) is 12.8 Å². The van der Waals surface area contributed by atoms with Gasteiger partial charge >= 0.3 is 0 Å². The maximum atomic E-state index is 12.6. The summed E-state index contributed by atoms with van der Waals surface area (Å²) in [6, 6.07) is 5.87. The molecule has 0 aliphatic heterocycles. The van der Waals surface area contributed by atoms with E-state index in [9.17, 15) is 4.79 Å². The zero-order chi connectivity index (χ0) is 14.8. The van der Waals surface area contributed by atoms with E-state index < -0.39 is 0 Å². The SMILES string of the molecule is CCn1nc(C)cc1C(=O)NC(c1ccncc1)C1CC1. The molecule has 0 saturated heterocycles. The summed E-state index contributed by atoms with van der Waals surface area (Å²) in [7, 11) is 0. The Labute approximate surface area is 124 Å². The zero-order valence-electron chi connectivity index (χ0n) is 12.4. The maximum Gasteiger partial charge on any atom is 0.270 e. The van der Waals surface area contributed by atoms with Crippen molar-refractivity contribution in [3.05, 3.63) is 47.5 Å². The summed E-state index contributed by atoms with van der Waals surface area (Å²) in [6.07, 6.45) is 5.88. The molecular weight excluding hydrogens is 264 g/mol. The first-order valence-corrected chi connectivity index (χ1v) is 7.44. The first-order valence-electron chi connectivity index (χ1n) is 7.44. The van der Waals surface area contributed by atoms with Crippen molar-refractivity contribution < 1.29 is 4.79 Å². The van der Waals surface area contributed by atoms with E-state index in [1.807, 2.05) is 32.0 Å². The van der Waals surface area contributed by atoms with Gasteiger partial charge in [-0.2, -0.15) is 5.10 Å². The second-order valence-corrected chi connectivity index (χ2v) is 5.56. The van der Waals surface area contributed by atoms with Crippen LogP contribution in [0, 0.1) is 12.8 Å². The lowest BCUT2D eigenvalue weighted by Gasteiger charge is -2.18. The molecule has 1 atom stereocenters. The van der Waals surface area contributed by atoms with E-state index in [-0.39, 0.29) is 11.9 Å². The van der Waals surface area contributed by atoms with Crippen molar-refractivity contribution in [2.75, 3.05) is 0 Å². The highest BCUT2D eigenvalue weighted by Gasteiger charge is 2.34. The fourth-order valence-electron chi connectivity index (χ4n) is 2.66. The number of nitrogens with one attached hydrogen (secondary N) is 1. The summed E-state index contributed by atoms with van der Waals surface area (Å²) in [5.41, 5.74) is 2.63. The van der Waals surface area contributed by atoms with Crippen LogP contribution in [0.15, 0.2) is 30.6 Å². The number of hydrogen-bond donors (Lipinski definition) is 1. The Morgan fingerprint density at radius 1 is 1.43 bits per heavy atom. The summed E-state index contributed by atoms with van der Waals surface area (Å²) in [6.45, 7) is 4.59. The first-order chi connectivity index (χ1) is 10.2. The van der Waals surface area contributed by atoms with Gasteiger partial charge in [0.2, 0.25) is 0 Å².